The molecule has 0 aliphatic carbocycles. The molecule has 0 radical (unpaired) electrons. The van der Waals surface area contributed by atoms with Crippen molar-refractivity contribution in [2.75, 3.05) is 12.3 Å². The van der Waals surface area contributed by atoms with Crippen LogP contribution in [-0.4, -0.2) is 43.7 Å². The van der Waals surface area contributed by atoms with E-state index in [0.717, 1.165) is 23.6 Å². The number of benzene rings is 2. The number of nitrogens with zero attached hydrogens (tertiary/aromatic N) is 4. The van der Waals surface area contributed by atoms with E-state index in [1.54, 1.807) is 18.1 Å². The third-order valence-corrected chi connectivity index (χ3v) is 5.76. The molecule has 7 nitrogen and oxygen atoms in total. The molecule has 0 spiro atoms. The number of hydrogen-bond donors (Lipinski definition) is 1. The van der Waals surface area contributed by atoms with Crippen LogP contribution in [0.1, 0.15) is 17.0 Å². The van der Waals surface area contributed by atoms with Gasteiger partial charge in [0.15, 0.2) is 0 Å². The monoisotopic (exact) mass is 422 g/mol. The zero-order valence-corrected chi connectivity index (χ0v) is 17.2. The van der Waals surface area contributed by atoms with Crippen LogP contribution in [-0.2, 0) is 24.5 Å². The Labute approximate surface area is 179 Å². The number of hydrogen-bond acceptors (Lipinski definition) is 5. The molecule has 0 atom stereocenters. The van der Waals surface area contributed by atoms with Crippen molar-refractivity contribution in [3.05, 3.63) is 83.9 Å². The molecule has 1 N–H and O–H groups in total. The fourth-order valence-corrected chi connectivity index (χ4v) is 4.12. The van der Waals surface area contributed by atoms with E-state index < -0.39 is 6.09 Å². The highest BCUT2D eigenvalue weighted by molar-refractivity contribution is 7.99. The quantitative estimate of drug-likeness (QED) is 0.458. The van der Waals surface area contributed by atoms with E-state index in [0.29, 0.717) is 24.6 Å². The van der Waals surface area contributed by atoms with Gasteiger partial charge >= 0.3 is 6.09 Å². The van der Waals surface area contributed by atoms with Crippen molar-refractivity contribution in [3.8, 4) is 0 Å². The average molecular weight is 423 g/mol. The van der Waals surface area contributed by atoms with Gasteiger partial charge in [0.2, 0.25) is 0 Å². The number of amides is 1. The van der Waals surface area contributed by atoms with Crippen molar-refractivity contribution in [3.63, 3.8) is 0 Å². The van der Waals surface area contributed by atoms with Gasteiger partial charge in [-0.15, -0.1) is 11.8 Å². The standard InChI is InChI=1S/C22H22N4O3S/c27-22(28)26-13-19(24-29-15-17-7-3-1-4-8-17)21-20(14-26)25(16-23-21)11-12-30-18-9-5-2-6-10-18/h1-10,16H,11-15H2,(H,27,28)/b24-19-. The number of thioether (sulfide) groups is 1. The first-order chi connectivity index (χ1) is 14.7. The minimum absolute atomic E-state index is 0.160. The summed E-state index contributed by atoms with van der Waals surface area (Å²) < 4.78 is 2.01. The molecular weight excluding hydrogens is 400 g/mol. The van der Waals surface area contributed by atoms with Gasteiger partial charge in [0.05, 0.1) is 25.1 Å². The van der Waals surface area contributed by atoms with E-state index in [-0.39, 0.29) is 6.54 Å². The molecule has 0 saturated heterocycles. The van der Waals surface area contributed by atoms with Gasteiger partial charge in [0.1, 0.15) is 18.0 Å². The van der Waals surface area contributed by atoms with Crippen molar-refractivity contribution >= 4 is 23.6 Å². The Morgan fingerprint density at radius 3 is 2.57 bits per heavy atom. The summed E-state index contributed by atoms with van der Waals surface area (Å²) in [4.78, 5) is 24.2. The minimum Gasteiger partial charge on any atom is -0.465 e. The van der Waals surface area contributed by atoms with Crippen molar-refractivity contribution < 1.29 is 14.7 Å². The number of aromatic nitrogens is 2. The van der Waals surface area contributed by atoms with Crippen LogP contribution in [0.15, 0.2) is 77.0 Å². The zero-order chi connectivity index (χ0) is 20.8. The Hall–Kier alpha value is -3.26. The molecule has 0 fully saturated rings. The van der Waals surface area contributed by atoms with E-state index >= 15 is 0 Å². The second-order valence-electron chi connectivity index (χ2n) is 6.83. The fourth-order valence-electron chi connectivity index (χ4n) is 3.24. The van der Waals surface area contributed by atoms with E-state index in [2.05, 4.69) is 22.3 Å². The SMILES string of the molecule is O=C(O)N1C/C(=N/OCc2ccccc2)c2ncn(CCSc3ccccc3)c2C1. The number of rotatable bonds is 7. The molecule has 0 bridgehead atoms. The molecule has 4 rings (SSSR count). The minimum atomic E-state index is -0.984. The lowest BCUT2D eigenvalue weighted by molar-refractivity contribution is 0.125. The second-order valence-corrected chi connectivity index (χ2v) is 8.00. The summed E-state index contributed by atoms with van der Waals surface area (Å²) in [6.07, 6.45) is 0.775. The van der Waals surface area contributed by atoms with Crippen molar-refractivity contribution in [1.29, 1.82) is 0 Å². The van der Waals surface area contributed by atoms with Gasteiger partial charge in [0, 0.05) is 17.2 Å². The molecular formula is C22H22N4O3S. The molecule has 0 unspecified atom stereocenters. The van der Waals surface area contributed by atoms with Crippen LogP contribution in [0.25, 0.3) is 0 Å². The number of carbonyl (C=O) groups is 1. The average Bonchev–Trinajstić information content (AvgIpc) is 3.18. The topological polar surface area (TPSA) is 79.9 Å². The number of carboxylic acid groups (broad SMARTS) is 1. The Kier molecular flexibility index (Phi) is 6.34. The Morgan fingerprint density at radius 1 is 1.10 bits per heavy atom. The maximum atomic E-state index is 11.6. The van der Waals surface area contributed by atoms with Crippen LogP contribution in [0.5, 0.6) is 0 Å². The first-order valence-corrected chi connectivity index (χ1v) is 10.6. The first-order valence-electron chi connectivity index (χ1n) is 9.63. The van der Waals surface area contributed by atoms with Crippen LogP contribution >= 0.6 is 11.8 Å². The molecule has 1 aliphatic heterocycles. The maximum Gasteiger partial charge on any atom is 0.408 e. The zero-order valence-electron chi connectivity index (χ0n) is 16.3. The molecule has 2 heterocycles. The highest BCUT2D eigenvalue weighted by atomic mass is 32.2. The number of fused-ring (bicyclic) bond motifs is 1. The molecule has 30 heavy (non-hydrogen) atoms. The second kappa shape index (κ2) is 9.49. The molecule has 3 aromatic rings. The van der Waals surface area contributed by atoms with Gasteiger partial charge in [-0.2, -0.15) is 0 Å². The Bertz CT molecular complexity index is 1020. The van der Waals surface area contributed by atoms with Crippen LogP contribution in [0, 0.1) is 0 Å². The van der Waals surface area contributed by atoms with Crippen LogP contribution in [0.3, 0.4) is 0 Å². The van der Waals surface area contributed by atoms with E-state index in [1.807, 2.05) is 53.1 Å². The Morgan fingerprint density at radius 2 is 1.83 bits per heavy atom. The number of oxime groups is 1. The highest BCUT2D eigenvalue weighted by Crippen LogP contribution is 2.22. The van der Waals surface area contributed by atoms with Gasteiger partial charge < -0.3 is 14.5 Å². The maximum absolute atomic E-state index is 11.6. The van der Waals surface area contributed by atoms with Crippen LogP contribution in [0.2, 0.25) is 0 Å². The van der Waals surface area contributed by atoms with Gasteiger partial charge in [-0.3, -0.25) is 4.90 Å². The Balaban J connectivity index is 1.47. The summed E-state index contributed by atoms with van der Waals surface area (Å²) in [5, 5.41) is 13.8. The summed E-state index contributed by atoms with van der Waals surface area (Å²) >= 11 is 1.76. The third-order valence-electron chi connectivity index (χ3n) is 4.76. The van der Waals surface area contributed by atoms with Crippen molar-refractivity contribution in [2.24, 2.45) is 5.16 Å². The lowest BCUT2D eigenvalue weighted by atomic mass is 10.1. The molecule has 8 heteroatoms. The summed E-state index contributed by atoms with van der Waals surface area (Å²) in [6, 6.07) is 19.9. The smallest absolute Gasteiger partial charge is 0.408 e. The van der Waals surface area contributed by atoms with E-state index in [9.17, 15) is 9.90 Å². The predicted molar refractivity (Wildman–Crippen MR) is 116 cm³/mol. The largest absolute Gasteiger partial charge is 0.465 e. The highest BCUT2D eigenvalue weighted by Gasteiger charge is 2.29. The third kappa shape index (κ3) is 4.83. The molecule has 0 saturated carbocycles. The van der Waals surface area contributed by atoms with E-state index in [4.69, 9.17) is 4.84 Å². The predicted octanol–water partition coefficient (Wildman–Crippen LogP) is 4.09. The molecule has 1 aliphatic rings. The lowest BCUT2D eigenvalue weighted by Gasteiger charge is -2.25. The van der Waals surface area contributed by atoms with Crippen LogP contribution in [0.4, 0.5) is 4.79 Å². The normalized spacial score (nSPS) is 14.5. The molecule has 154 valence electrons. The van der Waals surface area contributed by atoms with Crippen molar-refractivity contribution in [1.82, 2.24) is 14.5 Å². The van der Waals surface area contributed by atoms with Gasteiger partial charge in [-0.05, 0) is 17.7 Å². The van der Waals surface area contributed by atoms with Gasteiger partial charge in [-0.1, -0.05) is 53.7 Å². The molecule has 2 aromatic carbocycles. The summed E-state index contributed by atoms with van der Waals surface area (Å²) in [6.45, 7) is 1.50. The van der Waals surface area contributed by atoms with Gasteiger partial charge in [-0.25, -0.2) is 9.78 Å². The molecule has 1 amide bonds. The van der Waals surface area contributed by atoms with E-state index in [1.165, 1.54) is 9.80 Å². The number of aryl methyl sites for hydroxylation is 1. The summed E-state index contributed by atoms with van der Waals surface area (Å²) in [5.41, 5.74) is 3.09. The van der Waals surface area contributed by atoms with Crippen LogP contribution < -0.4 is 0 Å². The molecule has 1 aromatic heterocycles. The first kappa shape index (κ1) is 20.0. The van der Waals surface area contributed by atoms with Crippen molar-refractivity contribution in [2.45, 2.75) is 24.6 Å². The summed E-state index contributed by atoms with van der Waals surface area (Å²) in [7, 11) is 0. The lowest BCUT2D eigenvalue weighted by Crippen LogP contribution is -2.40. The van der Waals surface area contributed by atoms with Gasteiger partial charge in [0.25, 0.3) is 0 Å². The number of imidazole rings is 1. The summed E-state index contributed by atoms with van der Waals surface area (Å²) in [5.74, 6) is 0.858. The fraction of sp³-hybridized carbons (Fsp3) is 0.227.